The average molecular weight is 339 g/mol. The minimum atomic E-state index is -0.757. The zero-order valence-electron chi connectivity index (χ0n) is 12.2. The number of rotatable bonds is 5. The number of benzene rings is 1. The highest BCUT2D eigenvalue weighted by atomic mass is 35.5. The molecule has 3 amide bonds. The van der Waals surface area contributed by atoms with Crippen LogP contribution in [0.15, 0.2) is 24.3 Å². The molecule has 1 fully saturated rings. The van der Waals surface area contributed by atoms with Crippen LogP contribution in [0.4, 0.5) is 0 Å². The Bertz CT molecular complexity index is 629. The molecule has 0 aromatic heterocycles. The van der Waals surface area contributed by atoms with Gasteiger partial charge in [0.05, 0.1) is 0 Å². The molecule has 1 heterocycles. The molecule has 1 saturated heterocycles. The van der Waals surface area contributed by atoms with E-state index in [2.05, 4.69) is 5.32 Å². The van der Waals surface area contributed by atoms with E-state index in [0.717, 1.165) is 4.90 Å². The van der Waals surface area contributed by atoms with E-state index in [1.54, 1.807) is 12.1 Å². The first-order valence-corrected chi connectivity index (χ1v) is 7.38. The topological polar surface area (TPSA) is 92.8 Å². The Labute approximate surface area is 137 Å². The van der Waals surface area contributed by atoms with Crippen molar-refractivity contribution in [1.82, 2.24) is 10.2 Å². The number of amides is 3. The van der Waals surface area contributed by atoms with Crippen molar-refractivity contribution < 1.29 is 23.9 Å². The Kier molecular flexibility index (Phi) is 5.70. The van der Waals surface area contributed by atoms with Crippen molar-refractivity contribution in [3.8, 4) is 0 Å². The number of carbonyl (C=O) groups is 4. The summed E-state index contributed by atoms with van der Waals surface area (Å²) in [5.74, 6) is -2.03. The highest BCUT2D eigenvalue weighted by molar-refractivity contribution is 6.30. The Morgan fingerprint density at radius 3 is 2.52 bits per heavy atom. The summed E-state index contributed by atoms with van der Waals surface area (Å²) in [7, 11) is 0. The van der Waals surface area contributed by atoms with Crippen molar-refractivity contribution >= 4 is 35.3 Å². The number of carbonyl (C=O) groups excluding carboxylic acids is 4. The van der Waals surface area contributed by atoms with Gasteiger partial charge in [0.1, 0.15) is 6.54 Å². The summed E-state index contributed by atoms with van der Waals surface area (Å²) in [5.41, 5.74) is 0.348. The molecule has 1 N–H and O–H groups in total. The molecular formula is C15H15ClN2O5. The van der Waals surface area contributed by atoms with E-state index in [4.69, 9.17) is 16.3 Å². The number of imide groups is 1. The van der Waals surface area contributed by atoms with Gasteiger partial charge in [-0.3, -0.25) is 24.1 Å². The van der Waals surface area contributed by atoms with Gasteiger partial charge < -0.3 is 10.1 Å². The standard InChI is InChI=1S/C15H15ClN2O5/c16-11-5-3-10(4-6-11)15(22)17-8-14(21)23-9-13(20)18-7-1-2-12(18)19/h3-6H,1-2,7-9H2,(H,17,22). The Morgan fingerprint density at radius 2 is 1.91 bits per heavy atom. The third-order valence-corrected chi connectivity index (χ3v) is 3.48. The molecule has 1 aliphatic heterocycles. The third kappa shape index (κ3) is 4.79. The molecule has 0 bridgehead atoms. The molecule has 7 nitrogen and oxygen atoms in total. The first kappa shape index (κ1) is 17.0. The molecule has 0 saturated carbocycles. The highest BCUT2D eigenvalue weighted by Gasteiger charge is 2.26. The van der Waals surface area contributed by atoms with Crippen LogP contribution < -0.4 is 5.32 Å². The molecule has 1 aromatic carbocycles. The maximum Gasteiger partial charge on any atom is 0.325 e. The zero-order chi connectivity index (χ0) is 16.8. The van der Waals surface area contributed by atoms with Crippen LogP contribution in [0.3, 0.4) is 0 Å². The Balaban J connectivity index is 1.72. The van der Waals surface area contributed by atoms with Gasteiger partial charge in [0, 0.05) is 23.6 Å². The van der Waals surface area contributed by atoms with Gasteiger partial charge in [-0.05, 0) is 30.7 Å². The smallest absolute Gasteiger partial charge is 0.325 e. The van der Waals surface area contributed by atoms with Crippen LogP contribution in [-0.2, 0) is 19.1 Å². The lowest BCUT2D eigenvalue weighted by atomic mass is 10.2. The summed E-state index contributed by atoms with van der Waals surface area (Å²) in [6.45, 7) is -0.535. The van der Waals surface area contributed by atoms with E-state index in [1.165, 1.54) is 12.1 Å². The van der Waals surface area contributed by atoms with E-state index in [-0.39, 0.29) is 12.5 Å². The van der Waals surface area contributed by atoms with Gasteiger partial charge in [-0.15, -0.1) is 0 Å². The van der Waals surface area contributed by atoms with Crippen molar-refractivity contribution in [2.75, 3.05) is 19.7 Å². The van der Waals surface area contributed by atoms with E-state index < -0.39 is 24.4 Å². The van der Waals surface area contributed by atoms with Crippen LogP contribution in [0.2, 0.25) is 5.02 Å². The second-order valence-electron chi connectivity index (χ2n) is 4.89. The van der Waals surface area contributed by atoms with Crippen molar-refractivity contribution in [3.63, 3.8) is 0 Å². The fourth-order valence-corrected chi connectivity index (χ4v) is 2.16. The van der Waals surface area contributed by atoms with E-state index in [0.29, 0.717) is 30.0 Å². The quantitative estimate of drug-likeness (QED) is 0.800. The second kappa shape index (κ2) is 7.73. The normalized spacial score (nSPS) is 13.8. The average Bonchev–Trinajstić information content (AvgIpc) is 2.97. The van der Waals surface area contributed by atoms with E-state index in [9.17, 15) is 19.2 Å². The lowest BCUT2D eigenvalue weighted by molar-refractivity contribution is -0.154. The largest absolute Gasteiger partial charge is 0.454 e. The first-order valence-electron chi connectivity index (χ1n) is 7.00. The predicted molar refractivity (Wildman–Crippen MR) is 80.7 cm³/mol. The number of hydrogen-bond donors (Lipinski definition) is 1. The van der Waals surface area contributed by atoms with Crippen molar-refractivity contribution in [2.24, 2.45) is 0 Å². The van der Waals surface area contributed by atoms with E-state index in [1.807, 2.05) is 0 Å². The molecule has 0 radical (unpaired) electrons. The van der Waals surface area contributed by atoms with Gasteiger partial charge in [0.25, 0.3) is 11.8 Å². The van der Waals surface area contributed by atoms with Crippen LogP contribution >= 0.6 is 11.6 Å². The molecule has 1 aromatic rings. The fraction of sp³-hybridized carbons (Fsp3) is 0.333. The minimum Gasteiger partial charge on any atom is -0.454 e. The van der Waals surface area contributed by atoms with Gasteiger partial charge in [-0.25, -0.2) is 0 Å². The van der Waals surface area contributed by atoms with Crippen molar-refractivity contribution in [2.45, 2.75) is 12.8 Å². The van der Waals surface area contributed by atoms with Crippen LogP contribution in [0.1, 0.15) is 23.2 Å². The monoisotopic (exact) mass is 338 g/mol. The first-order chi connectivity index (χ1) is 11.0. The lowest BCUT2D eigenvalue weighted by Gasteiger charge is -2.13. The molecule has 0 aliphatic carbocycles. The number of nitrogens with zero attached hydrogens (tertiary/aromatic N) is 1. The molecule has 2 rings (SSSR count). The van der Waals surface area contributed by atoms with Crippen molar-refractivity contribution in [1.29, 1.82) is 0 Å². The SMILES string of the molecule is O=C(CNC(=O)c1ccc(Cl)cc1)OCC(=O)N1CCCC1=O. The van der Waals surface area contributed by atoms with Gasteiger partial charge in [0.15, 0.2) is 6.61 Å². The van der Waals surface area contributed by atoms with Gasteiger partial charge >= 0.3 is 5.97 Å². The van der Waals surface area contributed by atoms with Crippen LogP contribution in [-0.4, -0.2) is 48.3 Å². The van der Waals surface area contributed by atoms with Gasteiger partial charge in [-0.1, -0.05) is 11.6 Å². The molecule has 23 heavy (non-hydrogen) atoms. The number of ether oxygens (including phenoxy) is 1. The molecule has 0 spiro atoms. The summed E-state index contributed by atoms with van der Waals surface area (Å²) in [5, 5.41) is 2.87. The second-order valence-corrected chi connectivity index (χ2v) is 5.33. The number of likely N-dealkylation sites (tertiary alicyclic amines) is 1. The van der Waals surface area contributed by atoms with Gasteiger partial charge in [-0.2, -0.15) is 0 Å². The lowest BCUT2D eigenvalue weighted by Crippen LogP contribution is -2.37. The molecule has 0 atom stereocenters. The Hall–Kier alpha value is -2.41. The summed E-state index contributed by atoms with van der Waals surface area (Å²) in [6, 6.07) is 6.15. The summed E-state index contributed by atoms with van der Waals surface area (Å²) in [4.78, 5) is 47.4. The number of hydrogen-bond acceptors (Lipinski definition) is 5. The molecular weight excluding hydrogens is 324 g/mol. The fourth-order valence-electron chi connectivity index (χ4n) is 2.04. The van der Waals surface area contributed by atoms with Crippen LogP contribution in [0.5, 0.6) is 0 Å². The third-order valence-electron chi connectivity index (χ3n) is 3.23. The highest BCUT2D eigenvalue weighted by Crippen LogP contribution is 2.10. The summed E-state index contributed by atoms with van der Waals surface area (Å²) < 4.78 is 4.75. The van der Waals surface area contributed by atoms with Gasteiger partial charge in [0.2, 0.25) is 5.91 Å². The van der Waals surface area contributed by atoms with E-state index >= 15 is 0 Å². The Morgan fingerprint density at radius 1 is 1.22 bits per heavy atom. The minimum absolute atomic E-state index is 0.262. The number of nitrogens with one attached hydrogen (secondary N) is 1. The van der Waals surface area contributed by atoms with Crippen LogP contribution in [0.25, 0.3) is 0 Å². The predicted octanol–water partition coefficient (Wildman–Crippen LogP) is 0.762. The molecule has 1 aliphatic rings. The maximum atomic E-state index is 11.8. The molecule has 8 heteroatoms. The number of halogens is 1. The van der Waals surface area contributed by atoms with Crippen molar-refractivity contribution in [3.05, 3.63) is 34.9 Å². The summed E-state index contributed by atoms with van der Waals surface area (Å²) in [6.07, 6.45) is 0.951. The molecule has 122 valence electrons. The summed E-state index contributed by atoms with van der Waals surface area (Å²) >= 11 is 5.71. The van der Waals surface area contributed by atoms with Crippen LogP contribution in [0, 0.1) is 0 Å². The maximum absolute atomic E-state index is 11.8. The zero-order valence-corrected chi connectivity index (χ0v) is 13.0. The molecule has 0 unspecified atom stereocenters. The number of esters is 1.